The van der Waals surface area contributed by atoms with E-state index >= 15 is 0 Å². The third-order valence-electron chi connectivity index (χ3n) is 2.09. The second-order valence-corrected chi connectivity index (χ2v) is 3.60. The largest absolute Gasteiger partial charge is 0.295 e. The molecule has 2 rings (SSSR count). The first-order valence-corrected chi connectivity index (χ1v) is 5.21. The van der Waals surface area contributed by atoms with Crippen LogP contribution < -0.4 is 9.84 Å². The molecule has 13 heavy (non-hydrogen) atoms. The molecule has 0 saturated carbocycles. The number of anilines is 1. The zero-order chi connectivity index (χ0) is 9.26. The molecule has 1 aliphatic heterocycles. The second kappa shape index (κ2) is 3.35. The van der Waals surface area contributed by atoms with Crippen LogP contribution in [-0.2, 0) is 17.3 Å². The van der Waals surface area contributed by atoms with Crippen molar-refractivity contribution in [3.8, 4) is 0 Å². The van der Waals surface area contributed by atoms with Crippen LogP contribution in [-0.4, -0.2) is 15.0 Å². The minimum atomic E-state index is -2.56. The summed E-state index contributed by atoms with van der Waals surface area (Å²) in [6, 6.07) is 7.78. The minimum absolute atomic E-state index is 0.711. The van der Waals surface area contributed by atoms with Crippen molar-refractivity contribution >= 4 is 16.6 Å². The molecule has 0 radical (unpaired) electrons. The average molecular weight is 198 g/mol. The van der Waals surface area contributed by atoms with E-state index in [1.807, 2.05) is 24.3 Å². The summed E-state index contributed by atoms with van der Waals surface area (Å²) in [5.41, 5.74) is 2.15. The van der Waals surface area contributed by atoms with Crippen LogP contribution in [0.5, 0.6) is 0 Å². The molecule has 0 spiro atoms. The van der Waals surface area contributed by atoms with Crippen LogP contribution in [0.25, 0.3) is 0 Å². The Labute approximate surface area is 78.2 Å². The first-order chi connectivity index (χ1) is 6.27. The standard InChI is InChI=1S/C8H10N2O2S/c11-13(12)9-10-6-5-7-3-1-2-4-8(7)10/h1-4,13H,5-6H2,(H,9,11,12). The van der Waals surface area contributed by atoms with Crippen molar-refractivity contribution in [1.29, 1.82) is 0 Å². The number of hydrogen-bond acceptors (Lipinski definition) is 3. The van der Waals surface area contributed by atoms with E-state index in [-0.39, 0.29) is 0 Å². The van der Waals surface area contributed by atoms with E-state index in [0.29, 0.717) is 6.54 Å². The average Bonchev–Trinajstić information content (AvgIpc) is 2.48. The summed E-state index contributed by atoms with van der Waals surface area (Å²) in [6.45, 7) is 0.711. The van der Waals surface area contributed by atoms with Gasteiger partial charge in [-0.15, -0.1) is 4.83 Å². The van der Waals surface area contributed by atoms with E-state index in [4.69, 9.17) is 0 Å². The molecular weight excluding hydrogens is 188 g/mol. The summed E-state index contributed by atoms with van der Waals surface area (Å²) in [6.07, 6.45) is 0.895. The monoisotopic (exact) mass is 198 g/mol. The number of para-hydroxylation sites is 1. The molecule has 0 aromatic heterocycles. The van der Waals surface area contributed by atoms with Gasteiger partial charge in [-0.3, -0.25) is 5.01 Å². The fraction of sp³-hybridized carbons (Fsp3) is 0.250. The van der Waals surface area contributed by atoms with E-state index < -0.39 is 10.9 Å². The number of rotatable bonds is 2. The van der Waals surface area contributed by atoms with E-state index in [2.05, 4.69) is 4.83 Å². The maximum absolute atomic E-state index is 10.4. The normalized spacial score (nSPS) is 15.0. The van der Waals surface area contributed by atoms with E-state index in [1.165, 1.54) is 5.56 Å². The van der Waals surface area contributed by atoms with Crippen molar-refractivity contribution in [2.24, 2.45) is 0 Å². The van der Waals surface area contributed by atoms with Crippen LogP contribution in [0.1, 0.15) is 5.56 Å². The van der Waals surface area contributed by atoms with Crippen LogP contribution in [0, 0.1) is 0 Å². The van der Waals surface area contributed by atoms with Crippen molar-refractivity contribution in [3.05, 3.63) is 29.8 Å². The number of benzene rings is 1. The fourth-order valence-corrected chi connectivity index (χ4v) is 1.95. The Morgan fingerprint density at radius 2 is 2.08 bits per heavy atom. The molecule has 0 amide bonds. The molecule has 0 fully saturated rings. The maximum Gasteiger partial charge on any atom is 0.218 e. The zero-order valence-electron chi connectivity index (χ0n) is 6.93. The molecular formula is C8H10N2O2S. The highest BCUT2D eigenvalue weighted by molar-refractivity contribution is 7.70. The highest BCUT2D eigenvalue weighted by Gasteiger charge is 2.17. The highest BCUT2D eigenvalue weighted by Crippen LogP contribution is 2.25. The van der Waals surface area contributed by atoms with Gasteiger partial charge in [0, 0.05) is 6.54 Å². The van der Waals surface area contributed by atoms with Gasteiger partial charge in [0.15, 0.2) is 0 Å². The molecule has 5 heteroatoms. The van der Waals surface area contributed by atoms with Crippen molar-refractivity contribution in [2.75, 3.05) is 11.6 Å². The molecule has 0 bridgehead atoms. The first-order valence-electron chi connectivity index (χ1n) is 4.03. The summed E-state index contributed by atoms with van der Waals surface area (Å²) >= 11 is 0. The number of fused-ring (bicyclic) bond motifs is 1. The van der Waals surface area contributed by atoms with Crippen molar-refractivity contribution in [1.82, 2.24) is 4.83 Å². The Hall–Kier alpha value is -1.07. The van der Waals surface area contributed by atoms with Gasteiger partial charge in [-0.05, 0) is 18.1 Å². The molecule has 0 unspecified atom stereocenters. The summed E-state index contributed by atoms with van der Waals surface area (Å²) < 4.78 is 20.9. The van der Waals surface area contributed by atoms with Crippen LogP contribution in [0.3, 0.4) is 0 Å². The second-order valence-electron chi connectivity index (χ2n) is 2.89. The molecule has 1 N–H and O–H groups in total. The molecule has 0 aliphatic carbocycles. The highest BCUT2D eigenvalue weighted by atomic mass is 32.2. The smallest absolute Gasteiger partial charge is 0.218 e. The third-order valence-corrected chi connectivity index (χ3v) is 2.49. The van der Waals surface area contributed by atoms with E-state index in [0.717, 1.165) is 12.1 Å². The van der Waals surface area contributed by atoms with E-state index in [1.54, 1.807) is 5.01 Å². The molecule has 4 nitrogen and oxygen atoms in total. The Morgan fingerprint density at radius 3 is 2.85 bits per heavy atom. The minimum Gasteiger partial charge on any atom is -0.295 e. The van der Waals surface area contributed by atoms with Gasteiger partial charge in [0.25, 0.3) is 0 Å². The number of hydrazine groups is 1. The van der Waals surface area contributed by atoms with Gasteiger partial charge in [0.2, 0.25) is 10.9 Å². The van der Waals surface area contributed by atoms with Crippen LogP contribution in [0.15, 0.2) is 24.3 Å². The van der Waals surface area contributed by atoms with Crippen LogP contribution in [0.2, 0.25) is 0 Å². The molecule has 70 valence electrons. The van der Waals surface area contributed by atoms with Gasteiger partial charge in [-0.25, -0.2) is 8.42 Å². The number of nitrogens with zero attached hydrogens (tertiary/aromatic N) is 1. The Balaban J connectivity index is 2.28. The molecule has 1 aliphatic rings. The SMILES string of the molecule is O=[SH](=O)NN1CCc2ccccc21. The lowest BCUT2D eigenvalue weighted by molar-refractivity contribution is 0.598. The summed E-state index contributed by atoms with van der Waals surface area (Å²) in [4.78, 5) is 2.38. The van der Waals surface area contributed by atoms with Crippen molar-refractivity contribution in [2.45, 2.75) is 6.42 Å². The maximum atomic E-state index is 10.4. The lowest BCUT2D eigenvalue weighted by Crippen LogP contribution is -2.35. The van der Waals surface area contributed by atoms with Crippen molar-refractivity contribution in [3.63, 3.8) is 0 Å². The predicted octanol–water partition coefficient (Wildman–Crippen LogP) is 0.0801. The van der Waals surface area contributed by atoms with E-state index in [9.17, 15) is 8.42 Å². The third kappa shape index (κ3) is 1.66. The quantitative estimate of drug-likeness (QED) is 0.662. The lowest BCUT2D eigenvalue weighted by Gasteiger charge is -2.15. The van der Waals surface area contributed by atoms with Gasteiger partial charge in [0.05, 0.1) is 5.69 Å². The summed E-state index contributed by atoms with van der Waals surface area (Å²) in [5.74, 6) is 0. The fourth-order valence-electron chi connectivity index (χ4n) is 1.54. The Bertz CT molecular complexity index is 381. The number of thiol groups is 1. The molecule has 1 aromatic rings. The Kier molecular flexibility index (Phi) is 2.20. The van der Waals surface area contributed by atoms with Crippen LogP contribution in [0.4, 0.5) is 5.69 Å². The van der Waals surface area contributed by atoms with Crippen molar-refractivity contribution < 1.29 is 8.42 Å². The van der Waals surface area contributed by atoms with Crippen LogP contribution >= 0.6 is 0 Å². The predicted molar refractivity (Wildman–Crippen MR) is 50.9 cm³/mol. The molecule has 1 aromatic carbocycles. The number of hydrogen-bond donors (Lipinski definition) is 2. The Morgan fingerprint density at radius 1 is 1.31 bits per heavy atom. The summed E-state index contributed by atoms with van der Waals surface area (Å²) in [7, 11) is -2.56. The van der Waals surface area contributed by atoms with Gasteiger partial charge in [0.1, 0.15) is 0 Å². The topological polar surface area (TPSA) is 49.4 Å². The van der Waals surface area contributed by atoms with Gasteiger partial charge >= 0.3 is 0 Å². The zero-order valence-corrected chi connectivity index (χ0v) is 7.83. The van der Waals surface area contributed by atoms with Gasteiger partial charge < -0.3 is 0 Å². The molecule has 1 heterocycles. The van der Waals surface area contributed by atoms with Gasteiger partial charge in [-0.1, -0.05) is 18.2 Å². The first kappa shape index (κ1) is 8.52. The number of nitrogens with one attached hydrogen (secondary N) is 1. The lowest BCUT2D eigenvalue weighted by atomic mass is 10.2. The van der Waals surface area contributed by atoms with Gasteiger partial charge in [-0.2, -0.15) is 0 Å². The summed E-state index contributed by atoms with van der Waals surface area (Å²) in [5, 5.41) is 1.65. The molecule has 0 atom stereocenters. The molecule has 0 saturated heterocycles.